The van der Waals surface area contributed by atoms with Crippen molar-refractivity contribution in [2.75, 3.05) is 13.7 Å². The summed E-state index contributed by atoms with van der Waals surface area (Å²) in [5, 5.41) is 0.906. The molecule has 1 fully saturated rings. The van der Waals surface area contributed by atoms with Gasteiger partial charge in [-0.25, -0.2) is 4.98 Å². The third-order valence-corrected chi connectivity index (χ3v) is 6.58. The Balaban J connectivity index is 1.47. The lowest BCUT2D eigenvalue weighted by molar-refractivity contribution is 0.0692. The number of methoxy groups -OCH3 is 1. The number of nitrogens with zero attached hydrogens (tertiary/aromatic N) is 3. The minimum Gasteiger partial charge on any atom is -0.497 e. The summed E-state index contributed by atoms with van der Waals surface area (Å²) in [5.41, 5.74) is 5.68. The average Bonchev–Trinajstić information content (AvgIpc) is 3.59. The van der Waals surface area contributed by atoms with Crippen LogP contribution in [0.5, 0.6) is 5.75 Å². The number of hydrogen-bond donors (Lipinski definition) is 1. The van der Waals surface area contributed by atoms with Crippen molar-refractivity contribution in [1.29, 1.82) is 0 Å². The van der Waals surface area contributed by atoms with Crippen LogP contribution in [-0.4, -0.2) is 39.4 Å². The number of nitrogens with one attached hydrogen (secondary N) is 1. The molecule has 4 aromatic rings. The van der Waals surface area contributed by atoms with E-state index in [1.54, 1.807) is 13.4 Å². The Morgan fingerprint density at radius 1 is 1.12 bits per heavy atom. The van der Waals surface area contributed by atoms with Crippen LogP contribution in [0, 0.1) is 0 Å². The van der Waals surface area contributed by atoms with E-state index in [0.29, 0.717) is 12.5 Å². The molecule has 1 amide bonds. The first-order valence-electron chi connectivity index (χ1n) is 11.1. The number of imidazole rings is 1. The fourth-order valence-corrected chi connectivity index (χ4v) is 4.74. The summed E-state index contributed by atoms with van der Waals surface area (Å²) in [6, 6.07) is 17.6. The topological polar surface area (TPSA) is 71.1 Å². The Hall–Kier alpha value is -3.67. The summed E-state index contributed by atoms with van der Waals surface area (Å²) < 4.78 is 5.33. The predicted molar refractivity (Wildman–Crippen MR) is 122 cm³/mol. The Morgan fingerprint density at radius 3 is 2.72 bits per heavy atom. The number of amides is 1. The second kappa shape index (κ2) is 7.48. The maximum absolute atomic E-state index is 14.1. The predicted octanol–water partition coefficient (Wildman–Crippen LogP) is 4.63. The first-order valence-corrected chi connectivity index (χ1v) is 11.1. The molecule has 6 heteroatoms. The molecule has 3 heterocycles. The number of carbonyl (C=O) groups excluding carboxylic acids is 1. The van der Waals surface area contributed by atoms with Crippen LogP contribution in [0.3, 0.4) is 0 Å². The smallest absolute Gasteiger partial charge is 0.255 e. The molecule has 2 aromatic heterocycles. The molecule has 0 radical (unpaired) electrons. The maximum Gasteiger partial charge on any atom is 0.255 e. The van der Waals surface area contributed by atoms with Crippen molar-refractivity contribution < 1.29 is 9.53 Å². The number of para-hydroxylation sites is 1. The number of carbonyl (C=O) groups is 1. The Morgan fingerprint density at radius 2 is 1.94 bits per heavy atom. The van der Waals surface area contributed by atoms with Crippen molar-refractivity contribution in [2.24, 2.45) is 0 Å². The van der Waals surface area contributed by atoms with E-state index in [2.05, 4.69) is 9.97 Å². The Kier molecular flexibility index (Phi) is 4.45. The number of fused-ring (bicyclic) bond motifs is 2. The molecular weight excluding hydrogens is 400 g/mol. The molecule has 160 valence electrons. The van der Waals surface area contributed by atoms with Crippen LogP contribution in [0.25, 0.3) is 10.9 Å². The van der Waals surface area contributed by atoms with Crippen LogP contribution in [0.1, 0.15) is 57.8 Å². The lowest BCUT2D eigenvalue weighted by Crippen LogP contribution is -2.41. The van der Waals surface area contributed by atoms with Crippen LogP contribution in [0.15, 0.2) is 60.9 Å². The zero-order valence-electron chi connectivity index (χ0n) is 17.9. The molecule has 0 spiro atoms. The summed E-state index contributed by atoms with van der Waals surface area (Å²) in [6.45, 7) is 0.625. The number of aromatic amines is 1. The highest BCUT2D eigenvalue weighted by molar-refractivity contribution is 6.06. The van der Waals surface area contributed by atoms with E-state index in [-0.39, 0.29) is 11.9 Å². The zero-order valence-corrected chi connectivity index (χ0v) is 17.9. The lowest BCUT2D eigenvalue weighted by Gasteiger charge is -2.35. The molecular formula is C26H24N4O2. The monoisotopic (exact) mass is 424 g/mol. The van der Waals surface area contributed by atoms with Gasteiger partial charge in [0.05, 0.1) is 30.2 Å². The third kappa shape index (κ3) is 3.14. The fraction of sp³-hybridized carbons (Fsp3) is 0.269. The molecule has 2 aliphatic rings. The highest BCUT2D eigenvalue weighted by Crippen LogP contribution is 2.41. The number of benzene rings is 2. The van der Waals surface area contributed by atoms with Gasteiger partial charge in [-0.3, -0.25) is 9.78 Å². The van der Waals surface area contributed by atoms with Gasteiger partial charge in [-0.2, -0.15) is 0 Å². The second-order valence-corrected chi connectivity index (χ2v) is 8.58. The van der Waals surface area contributed by atoms with Gasteiger partial charge in [0, 0.05) is 35.7 Å². The molecule has 1 aliphatic heterocycles. The Labute approximate surface area is 186 Å². The van der Waals surface area contributed by atoms with Crippen molar-refractivity contribution in [2.45, 2.75) is 31.2 Å². The van der Waals surface area contributed by atoms with Gasteiger partial charge in [-0.05, 0) is 42.7 Å². The van der Waals surface area contributed by atoms with Crippen molar-refractivity contribution in [3.8, 4) is 5.75 Å². The molecule has 2 aromatic carbocycles. The van der Waals surface area contributed by atoms with E-state index in [9.17, 15) is 4.79 Å². The minimum absolute atomic E-state index is 0.0277. The van der Waals surface area contributed by atoms with Crippen LogP contribution >= 0.6 is 0 Å². The molecule has 6 rings (SSSR count). The van der Waals surface area contributed by atoms with Crippen LogP contribution in [0.2, 0.25) is 0 Å². The van der Waals surface area contributed by atoms with Gasteiger partial charge < -0.3 is 14.6 Å². The number of aromatic nitrogens is 3. The van der Waals surface area contributed by atoms with Gasteiger partial charge >= 0.3 is 0 Å². The van der Waals surface area contributed by atoms with Crippen molar-refractivity contribution in [3.63, 3.8) is 0 Å². The van der Waals surface area contributed by atoms with Gasteiger partial charge in [0.1, 0.15) is 11.8 Å². The lowest BCUT2D eigenvalue weighted by atomic mass is 9.94. The van der Waals surface area contributed by atoms with E-state index in [0.717, 1.165) is 64.1 Å². The molecule has 32 heavy (non-hydrogen) atoms. The Bertz CT molecular complexity index is 1310. The second-order valence-electron chi connectivity index (χ2n) is 8.58. The summed E-state index contributed by atoms with van der Waals surface area (Å²) in [4.78, 5) is 28.8. The van der Waals surface area contributed by atoms with Crippen molar-refractivity contribution >= 4 is 16.8 Å². The summed E-state index contributed by atoms with van der Waals surface area (Å²) in [6.07, 6.45) is 4.77. The summed E-state index contributed by atoms with van der Waals surface area (Å²) in [7, 11) is 1.66. The molecule has 1 saturated carbocycles. The number of rotatable bonds is 4. The number of pyridine rings is 1. The summed E-state index contributed by atoms with van der Waals surface area (Å²) >= 11 is 0. The van der Waals surface area contributed by atoms with Gasteiger partial charge in [0.15, 0.2) is 0 Å². The van der Waals surface area contributed by atoms with Crippen LogP contribution in [0.4, 0.5) is 0 Å². The van der Waals surface area contributed by atoms with Crippen LogP contribution < -0.4 is 4.74 Å². The maximum atomic E-state index is 14.1. The van der Waals surface area contributed by atoms with Crippen molar-refractivity contribution in [3.05, 3.63) is 89.1 Å². The standard InChI is InChI=1S/C26H24N4O2/c1-32-18-10-8-17(9-11-18)25-24-22(27-15-28-24)12-13-30(25)26(31)20-14-23(16-6-7-16)29-21-5-3-2-4-19(20)21/h2-5,8-11,14-16,25H,6-7,12-13H2,1H3,(H,27,28)/t25-/m0/s1. The van der Waals surface area contributed by atoms with E-state index < -0.39 is 0 Å². The molecule has 1 N–H and O–H groups in total. The minimum atomic E-state index is -0.250. The molecule has 1 atom stereocenters. The normalized spacial score (nSPS) is 17.9. The van der Waals surface area contributed by atoms with Crippen LogP contribution in [-0.2, 0) is 6.42 Å². The molecule has 1 aliphatic carbocycles. The van der Waals surface area contributed by atoms with Gasteiger partial charge in [0.2, 0.25) is 0 Å². The quantitative estimate of drug-likeness (QED) is 0.518. The third-order valence-electron chi connectivity index (χ3n) is 6.58. The van der Waals surface area contributed by atoms with E-state index in [1.165, 1.54) is 0 Å². The first-order chi connectivity index (χ1) is 15.7. The SMILES string of the molecule is COc1ccc([C@H]2c3nc[nH]c3CCN2C(=O)c2cc(C3CC3)nc3ccccc23)cc1. The molecule has 6 nitrogen and oxygen atoms in total. The first kappa shape index (κ1) is 19.0. The number of hydrogen-bond acceptors (Lipinski definition) is 4. The zero-order chi connectivity index (χ0) is 21.7. The molecule has 0 unspecified atom stereocenters. The highest BCUT2D eigenvalue weighted by atomic mass is 16.5. The van der Waals surface area contributed by atoms with E-state index >= 15 is 0 Å². The number of ether oxygens (including phenoxy) is 1. The molecule has 0 bridgehead atoms. The largest absolute Gasteiger partial charge is 0.497 e. The highest BCUT2D eigenvalue weighted by Gasteiger charge is 2.36. The van der Waals surface area contributed by atoms with Gasteiger partial charge in [-0.1, -0.05) is 30.3 Å². The summed E-state index contributed by atoms with van der Waals surface area (Å²) in [5.74, 6) is 1.29. The fourth-order valence-electron chi connectivity index (χ4n) is 4.74. The van der Waals surface area contributed by atoms with Gasteiger partial charge in [0.25, 0.3) is 5.91 Å². The van der Waals surface area contributed by atoms with E-state index in [1.807, 2.05) is 59.5 Å². The number of H-pyrrole nitrogens is 1. The average molecular weight is 425 g/mol. The van der Waals surface area contributed by atoms with Crippen molar-refractivity contribution in [1.82, 2.24) is 19.9 Å². The van der Waals surface area contributed by atoms with Gasteiger partial charge in [-0.15, -0.1) is 0 Å². The van der Waals surface area contributed by atoms with E-state index in [4.69, 9.17) is 9.72 Å². The molecule has 0 saturated heterocycles.